The Labute approximate surface area is 183 Å². The van der Waals surface area contributed by atoms with E-state index in [1.165, 1.54) is 12.4 Å². The second-order valence-corrected chi connectivity index (χ2v) is 7.10. The molecule has 2 aromatic carbocycles. The van der Waals surface area contributed by atoms with Crippen LogP contribution in [0.4, 0.5) is 5.69 Å². The third kappa shape index (κ3) is 4.15. The molecular formula is C24H18N6O2. The number of fused-ring (bicyclic) bond motifs is 1. The topological polar surface area (TPSA) is 106 Å². The fourth-order valence-electron chi connectivity index (χ4n) is 3.32. The third-order valence-corrected chi connectivity index (χ3v) is 4.91. The molecule has 3 heterocycles. The van der Waals surface area contributed by atoms with Crippen LogP contribution in [0.2, 0.25) is 0 Å². The molecular weight excluding hydrogens is 404 g/mol. The molecule has 5 rings (SSSR count). The lowest BCUT2D eigenvalue weighted by atomic mass is 10.0. The monoisotopic (exact) mass is 422 g/mol. The van der Waals surface area contributed by atoms with E-state index in [1.807, 2.05) is 54.6 Å². The van der Waals surface area contributed by atoms with E-state index in [0.717, 1.165) is 22.2 Å². The molecule has 156 valence electrons. The summed E-state index contributed by atoms with van der Waals surface area (Å²) < 4.78 is 5.90. The maximum absolute atomic E-state index is 12.7. The molecule has 8 nitrogen and oxygen atoms in total. The molecule has 0 aliphatic carbocycles. The van der Waals surface area contributed by atoms with Gasteiger partial charge >= 0.3 is 0 Å². The Hall–Kier alpha value is -4.59. The summed E-state index contributed by atoms with van der Waals surface area (Å²) in [6, 6.07) is 19.3. The van der Waals surface area contributed by atoms with Crippen LogP contribution >= 0.6 is 0 Å². The fourth-order valence-corrected chi connectivity index (χ4v) is 3.32. The van der Waals surface area contributed by atoms with Gasteiger partial charge in [0.15, 0.2) is 5.69 Å². The molecule has 1 amide bonds. The first-order valence-electron chi connectivity index (χ1n) is 9.94. The minimum Gasteiger partial charge on any atom is -0.487 e. The maximum atomic E-state index is 12.7. The number of aromatic amines is 1. The number of ether oxygens (including phenoxy) is 1. The van der Waals surface area contributed by atoms with E-state index in [-0.39, 0.29) is 5.91 Å². The molecule has 3 aromatic heterocycles. The molecule has 5 aromatic rings. The van der Waals surface area contributed by atoms with Crippen LogP contribution in [-0.2, 0) is 6.61 Å². The molecule has 0 bridgehead atoms. The molecule has 0 saturated carbocycles. The van der Waals surface area contributed by atoms with Gasteiger partial charge in [0, 0.05) is 17.1 Å². The SMILES string of the molecule is O=C(Nc1ccnnc1)c1n[nH]c2ccc(-c3cncc(OCc4ccccc4)c3)cc12. The van der Waals surface area contributed by atoms with Crippen LogP contribution in [0.3, 0.4) is 0 Å². The van der Waals surface area contributed by atoms with Gasteiger partial charge in [-0.3, -0.25) is 14.9 Å². The first-order valence-corrected chi connectivity index (χ1v) is 9.94. The van der Waals surface area contributed by atoms with Crippen LogP contribution in [0, 0.1) is 0 Å². The van der Waals surface area contributed by atoms with E-state index >= 15 is 0 Å². The minimum atomic E-state index is -0.334. The lowest BCUT2D eigenvalue weighted by molar-refractivity contribution is 0.102. The van der Waals surface area contributed by atoms with Crippen LogP contribution in [-0.4, -0.2) is 31.3 Å². The highest BCUT2D eigenvalue weighted by Gasteiger charge is 2.15. The number of nitrogens with one attached hydrogen (secondary N) is 2. The zero-order valence-corrected chi connectivity index (χ0v) is 16.9. The van der Waals surface area contributed by atoms with Crippen LogP contribution in [0.5, 0.6) is 5.75 Å². The van der Waals surface area contributed by atoms with Gasteiger partial charge in [0.05, 0.1) is 29.8 Å². The Bertz CT molecular complexity index is 1370. The van der Waals surface area contributed by atoms with Gasteiger partial charge in [0.25, 0.3) is 5.91 Å². The summed E-state index contributed by atoms with van der Waals surface area (Å²) in [5, 5.41) is 18.1. The number of pyridine rings is 1. The molecule has 0 unspecified atom stereocenters. The number of aromatic nitrogens is 5. The first-order chi connectivity index (χ1) is 15.8. The van der Waals surface area contributed by atoms with Crippen molar-refractivity contribution in [3.05, 3.63) is 96.7 Å². The van der Waals surface area contributed by atoms with Gasteiger partial charge in [-0.2, -0.15) is 15.3 Å². The predicted molar refractivity (Wildman–Crippen MR) is 120 cm³/mol. The van der Waals surface area contributed by atoms with Gasteiger partial charge in [0.2, 0.25) is 0 Å². The zero-order valence-electron chi connectivity index (χ0n) is 16.9. The molecule has 32 heavy (non-hydrogen) atoms. The second kappa shape index (κ2) is 8.65. The van der Waals surface area contributed by atoms with Crippen LogP contribution in [0.1, 0.15) is 16.1 Å². The maximum Gasteiger partial charge on any atom is 0.276 e. The summed E-state index contributed by atoms with van der Waals surface area (Å²) in [6.07, 6.45) is 6.43. The number of carbonyl (C=O) groups is 1. The number of hydrogen-bond acceptors (Lipinski definition) is 6. The summed E-state index contributed by atoms with van der Waals surface area (Å²) in [4.78, 5) is 17.1. The standard InChI is InChI=1S/C24H18N6O2/c31-24(28-19-8-9-26-27-13-19)23-21-11-17(6-7-22(21)29-30-23)18-10-20(14-25-12-18)32-15-16-4-2-1-3-5-16/h1-14H,15H2,(H,29,30)(H,26,28,31). The van der Waals surface area contributed by atoms with E-state index in [0.29, 0.717) is 29.1 Å². The lowest BCUT2D eigenvalue weighted by Gasteiger charge is -2.08. The Morgan fingerprint density at radius 3 is 2.69 bits per heavy atom. The van der Waals surface area contributed by atoms with Crippen LogP contribution < -0.4 is 10.1 Å². The van der Waals surface area contributed by atoms with E-state index in [4.69, 9.17) is 4.74 Å². The quantitative estimate of drug-likeness (QED) is 0.424. The molecule has 0 aliphatic heterocycles. The molecule has 0 saturated heterocycles. The minimum absolute atomic E-state index is 0.295. The predicted octanol–water partition coefficient (Wildman–Crippen LogP) is 4.25. The van der Waals surface area contributed by atoms with Crippen LogP contribution in [0.25, 0.3) is 22.0 Å². The Balaban J connectivity index is 1.40. The molecule has 0 atom stereocenters. The lowest BCUT2D eigenvalue weighted by Crippen LogP contribution is -2.13. The zero-order chi connectivity index (χ0) is 21.8. The second-order valence-electron chi connectivity index (χ2n) is 7.10. The summed E-state index contributed by atoms with van der Waals surface area (Å²) in [6.45, 7) is 0.459. The summed E-state index contributed by atoms with van der Waals surface area (Å²) in [5.74, 6) is 0.335. The highest BCUT2D eigenvalue weighted by molar-refractivity contribution is 6.11. The highest BCUT2D eigenvalue weighted by Crippen LogP contribution is 2.27. The molecule has 0 fully saturated rings. The number of benzene rings is 2. The number of hydrogen-bond donors (Lipinski definition) is 2. The van der Waals surface area contributed by atoms with Gasteiger partial charge in [-0.15, -0.1) is 0 Å². The molecule has 0 spiro atoms. The van der Waals surface area contributed by atoms with Gasteiger partial charge in [-0.05, 0) is 35.4 Å². The highest BCUT2D eigenvalue weighted by atomic mass is 16.5. The summed E-state index contributed by atoms with van der Waals surface area (Å²) in [7, 11) is 0. The van der Waals surface area contributed by atoms with Crippen molar-refractivity contribution in [2.45, 2.75) is 6.61 Å². The number of rotatable bonds is 6. The van der Waals surface area contributed by atoms with Crippen molar-refractivity contribution in [2.24, 2.45) is 0 Å². The molecule has 8 heteroatoms. The van der Waals surface area contributed by atoms with Gasteiger partial charge in [-0.25, -0.2) is 0 Å². The van der Waals surface area contributed by atoms with Gasteiger partial charge in [-0.1, -0.05) is 36.4 Å². The van der Waals surface area contributed by atoms with Crippen molar-refractivity contribution in [2.75, 3.05) is 5.32 Å². The van der Waals surface area contributed by atoms with Crippen molar-refractivity contribution < 1.29 is 9.53 Å². The number of anilines is 1. The number of nitrogens with zero attached hydrogens (tertiary/aromatic N) is 4. The third-order valence-electron chi connectivity index (χ3n) is 4.91. The Morgan fingerprint density at radius 2 is 1.84 bits per heavy atom. The summed E-state index contributed by atoms with van der Waals surface area (Å²) >= 11 is 0. The fraction of sp³-hybridized carbons (Fsp3) is 0.0417. The van der Waals surface area contributed by atoms with Crippen molar-refractivity contribution >= 4 is 22.5 Å². The average Bonchev–Trinajstić information content (AvgIpc) is 3.28. The molecule has 0 aliphatic rings. The van der Waals surface area contributed by atoms with Crippen molar-refractivity contribution in [3.8, 4) is 16.9 Å². The van der Waals surface area contributed by atoms with E-state index < -0.39 is 0 Å². The Morgan fingerprint density at radius 1 is 0.938 bits per heavy atom. The van der Waals surface area contributed by atoms with Crippen molar-refractivity contribution in [1.29, 1.82) is 0 Å². The van der Waals surface area contributed by atoms with Crippen molar-refractivity contribution in [1.82, 2.24) is 25.4 Å². The molecule has 2 N–H and O–H groups in total. The number of carbonyl (C=O) groups excluding carboxylic acids is 1. The van der Waals surface area contributed by atoms with Crippen molar-refractivity contribution in [3.63, 3.8) is 0 Å². The smallest absolute Gasteiger partial charge is 0.276 e. The average molecular weight is 422 g/mol. The number of H-pyrrole nitrogens is 1. The van der Waals surface area contributed by atoms with Crippen LogP contribution in [0.15, 0.2) is 85.5 Å². The van der Waals surface area contributed by atoms with Gasteiger partial charge < -0.3 is 10.1 Å². The number of amides is 1. The van der Waals surface area contributed by atoms with E-state index in [1.54, 1.807) is 18.5 Å². The summed E-state index contributed by atoms with van der Waals surface area (Å²) in [5.41, 5.74) is 4.46. The van der Waals surface area contributed by atoms with Gasteiger partial charge in [0.1, 0.15) is 12.4 Å². The molecule has 0 radical (unpaired) electrons. The normalized spacial score (nSPS) is 10.8. The van der Waals surface area contributed by atoms with E-state index in [9.17, 15) is 4.79 Å². The Kier molecular flexibility index (Phi) is 5.24. The van der Waals surface area contributed by atoms with E-state index in [2.05, 4.69) is 30.7 Å². The first kappa shape index (κ1) is 19.4. The largest absolute Gasteiger partial charge is 0.487 e.